The van der Waals surface area contributed by atoms with E-state index in [-0.39, 0.29) is 18.0 Å². The quantitative estimate of drug-likeness (QED) is 0.588. The lowest BCUT2D eigenvalue weighted by Gasteiger charge is -2.07. The van der Waals surface area contributed by atoms with Crippen LogP contribution in [0.4, 0.5) is 0 Å². The minimum atomic E-state index is -0.249. The second kappa shape index (κ2) is 6.88. The van der Waals surface area contributed by atoms with Crippen LogP contribution in [-0.2, 0) is 17.9 Å². The van der Waals surface area contributed by atoms with Crippen molar-refractivity contribution < 1.29 is 4.79 Å². The Morgan fingerprint density at radius 1 is 1.26 bits per heavy atom. The molecule has 0 saturated heterocycles. The number of aryl methyl sites for hydroxylation is 2. The van der Waals surface area contributed by atoms with Crippen molar-refractivity contribution in [1.82, 2.24) is 24.8 Å². The first-order chi connectivity index (χ1) is 13.0. The minimum Gasteiger partial charge on any atom is -0.350 e. The Balaban J connectivity index is 1.62. The van der Waals surface area contributed by atoms with Crippen LogP contribution in [-0.4, -0.2) is 25.4 Å². The van der Waals surface area contributed by atoms with Crippen molar-refractivity contribution in [3.8, 4) is 0 Å². The molecule has 4 rings (SSSR count). The molecule has 4 aromatic rings. The van der Waals surface area contributed by atoms with Gasteiger partial charge in [-0.25, -0.2) is 9.97 Å². The summed E-state index contributed by atoms with van der Waals surface area (Å²) >= 11 is 1.32. The highest BCUT2D eigenvalue weighted by Crippen LogP contribution is 2.31. The minimum absolute atomic E-state index is 0.0768. The number of aromatic nitrogens is 4. The molecule has 0 radical (unpaired) electrons. The van der Waals surface area contributed by atoms with E-state index in [2.05, 4.69) is 20.3 Å². The molecular weight excluding hydrogens is 362 g/mol. The van der Waals surface area contributed by atoms with Gasteiger partial charge in [-0.1, -0.05) is 0 Å². The van der Waals surface area contributed by atoms with Crippen LogP contribution in [0.2, 0.25) is 0 Å². The zero-order valence-electron chi connectivity index (χ0n) is 14.9. The molecule has 0 aliphatic carbocycles. The predicted molar refractivity (Wildman–Crippen MR) is 105 cm³/mol. The number of fused-ring (bicyclic) bond motifs is 3. The van der Waals surface area contributed by atoms with Gasteiger partial charge in [-0.15, -0.1) is 11.3 Å². The molecule has 27 heavy (non-hydrogen) atoms. The second-order valence-corrected chi connectivity index (χ2v) is 7.35. The maximum Gasteiger partial charge on any atom is 0.271 e. The van der Waals surface area contributed by atoms with E-state index in [1.54, 1.807) is 12.4 Å². The first-order valence-electron chi connectivity index (χ1n) is 8.44. The maximum atomic E-state index is 12.8. The normalized spacial score (nSPS) is 11.2. The number of thiophene rings is 1. The SMILES string of the molecule is Cc1cc(C)c2c(n1)sc1c(=O)n(CC(=O)NCc3ccncc3)cnc12. The Kier molecular flexibility index (Phi) is 4.41. The molecule has 4 aromatic heterocycles. The number of hydrogen-bond acceptors (Lipinski definition) is 6. The lowest BCUT2D eigenvalue weighted by atomic mass is 10.1. The van der Waals surface area contributed by atoms with Crippen LogP contribution in [0.15, 0.2) is 41.7 Å². The molecule has 1 N–H and O–H groups in total. The average molecular weight is 379 g/mol. The highest BCUT2D eigenvalue weighted by molar-refractivity contribution is 7.25. The summed E-state index contributed by atoms with van der Waals surface area (Å²) in [4.78, 5) is 38.7. The highest BCUT2D eigenvalue weighted by Gasteiger charge is 2.15. The van der Waals surface area contributed by atoms with Crippen LogP contribution < -0.4 is 10.9 Å². The summed E-state index contributed by atoms with van der Waals surface area (Å²) in [5, 5.41) is 3.71. The molecule has 0 fully saturated rings. The van der Waals surface area contributed by atoms with Gasteiger partial charge < -0.3 is 5.32 Å². The van der Waals surface area contributed by atoms with E-state index in [1.807, 2.05) is 32.0 Å². The van der Waals surface area contributed by atoms with Crippen LogP contribution in [0.1, 0.15) is 16.8 Å². The topological polar surface area (TPSA) is 89.8 Å². The van der Waals surface area contributed by atoms with Gasteiger partial charge in [0.1, 0.15) is 16.1 Å². The molecular formula is C19H17N5O2S. The zero-order valence-corrected chi connectivity index (χ0v) is 15.7. The maximum absolute atomic E-state index is 12.8. The summed E-state index contributed by atoms with van der Waals surface area (Å²) in [5.74, 6) is -0.249. The second-order valence-electron chi connectivity index (χ2n) is 6.35. The van der Waals surface area contributed by atoms with Gasteiger partial charge in [-0.05, 0) is 43.2 Å². The molecule has 0 bridgehead atoms. The lowest BCUT2D eigenvalue weighted by Crippen LogP contribution is -2.31. The third kappa shape index (κ3) is 3.31. The molecule has 0 aromatic carbocycles. The Morgan fingerprint density at radius 2 is 2.04 bits per heavy atom. The van der Waals surface area contributed by atoms with Crippen molar-refractivity contribution in [2.75, 3.05) is 0 Å². The number of nitrogens with zero attached hydrogens (tertiary/aromatic N) is 4. The van der Waals surface area contributed by atoms with Crippen molar-refractivity contribution in [2.45, 2.75) is 26.9 Å². The van der Waals surface area contributed by atoms with E-state index < -0.39 is 0 Å². The molecule has 4 heterocycles. The first kappa shape index (κ1) is 17.3. The fourth-order valence-electron chi connectivity index (χ4n) is 3.03. The monoisotopic (exact) mass is 379 g/mol. The number of pyridine rings is 2. The molecule has 0 unspecified atom stereocenters. The van der Waals surface area contributed by atoms with Crippen molar-refractivity contribution >= 4 is 37.7 Å². The van der Waals surface area contributed by atoms with Gasteiger partial charge in [0, 0.05) is 30.0 Å². The van der Waals surface area contributed by atoms with Gasteiger partial charge in [-0.3, -0.25) is 19.1 Å². The molecule has 8 heteroatoms. The van der Waals surface area contributed by atoms with E-state index in [1.165, 1.54) is 22.2 Å². The molecule has 0 atom stereocenters. The third-order valence-electron chi connectivity index (χ3n) is 4.30. The lowest BCUT2D eigenvalue weighted by molar-refractivity contribution is -0.121. The Morgan fingerprint density at radius 3 is 2.81 bits per heavy atom. The van der Waals surface area contributed by atoms with Gasteiger partial charge in [0.15, 0.2) is 0 Å². The highest BCUT2D eigenvalue weighted by atomic mass is 32.1. The number of nitrogens with one attached hydrogen (secondary N) is 1. The van der Waals surface area contributed by atoms with Crippen LogP contribution in [0.5, 0.6) is 0 Å². The fraction of sp³-hybridized carbons (Fsp3) is 0.211. The van der Waals surface area contributed by atoms with Crippen molar-refractivity contribution in [2.24, 2.45) is 0 Å². The largest absolute Gasteiger partial charge is 0.350 e. The summed E-state index contributed by atoms with van der Waals surface area (Å²) in [7, 11) is 0. The molecule has 1 amide bonds. The van der Waals surface area contributed by atoms with E-state index in [0.29, 0.717) is 16.8 Å². The molecule has 0 spiro atoms. The number of carbonyl (C=O) groups is 1. The van der Waals surface area contributed by atoms with Gasteiger partial charge >= 0.3 is 0 Å². The Hall–Kier alpha value is -3.13. The molecule has 136 valence electrons. The van der Waals surface area contributed by atoms with E-state index in [0.717, 1.165) is 27.0 Å². The standard InChI is InChI=1S/C19H17N5O2S/c1-11-7-12(2)23-18-15(11)16-17(27-18)19(26)24(10-22-16)9-14(25)21-8-13-3-5-20-6-4-13/h3-7,10H,8-9H2,1-2H3,(H,21,25). The summed E-state index contributed by atoms with van der Waals surface area (Å²) in [6.45, 7) is 4.22. The van der Waals surface area contributed by atoms with E-state index in [4.69, 9.17) is 0 Å². The number of rotatable bonds is 4. The molecule has 7 nitrogen and oxygen atoms in total. The van der Waals surface area contributed by atoms with Crippen LogP contribution >= 0.6 is 11.3 Å². The van der Waals surface area contributed by atoms with E-state index >= 15 is 0 Å². The first-order valence-corrected chi connectivity index (χ1v) is 9.26. The smallest absolute Gasteiger partial charge is 0.271 e. The van der Waals surface area contributed by atoms with Crippen molar-refractivity contribution in [3.05, 3.63) is 64.1 Å². The summed E-state index contributed by atoms with van der Waals surface area (Å²) < 4.78 is 1.86. The van der Waals surface area contributed by atoms with Gasteiger partial charge in [-0.2, -0.15) is 0 Å². The van der Waals surface area contributed by atoms with Crippen molar-refractivity contribution in [3.63, 3.8) is 0 Å². The van der Waals surface area contributed by atoms with Gasteiger partial charge in [0.25, 0.3) is 5.56 Å². The Labute approximate surface area is 158 Å². The number of amides is 1. The van der Waals surface area contributed by atoms with Gasteiger partial charge in [0.05, 0.1) is 11.8 Å². The zero-order chi connectivity index (χ0) is 19.0. The summed E-state index contributed by atoms with van der Waals surface area (Å²) in [6, 6.07) is 5.64. The molecule has 0 saturated carbocycles. The van der Waals surface area contributed by atoms with Crippen LogP contribution in [0.3, 0.4) is 0 Å². The predicted octanol–water partition coefficient (Wildman–Crippen LogP) is 2.33. The number of hydrogen-bond donors (Lipinski definition) is 1. The fourth-order valence-corrected chi connectivity index (χ4v) is 4.22. The third-order valence-corrected chi connectivity index (χ3v) is 5.36. The van der Waals surface area contributed by atoms with Crippen LogP contribution in [0.25, 0.3) is 20.4 Å². The van der Waals surface area contributed by atoms with Crippen molar-refractivity contribution in [1.29, 1.82) is 0 Å². The van der Waals surface area contributed by atoms with E-state index in [9.17, 15) is 9.59 Å². The molecule has 0 aliphatic heterocycles. The summed E-state index contributed by atoms with van der Waals surface area (Å²) in [5.41, 5.74) is 3.32. The van der Waals surface area contributed by atoms with Crippen LogP contribution in [0, 0.1) is 13.8 Å². The number of carbonyl (C=O) groups excluding carboxylic acids is 1. The molecule has 0 aliphatic rings. The summed E-state index contributed by atoms with van der Waals surface area (Å²) in [6.07, 6.45) is 4.77. The van der Waals surface area contributed by atoms with Gasteiger partial charge in [0.2, 0.25) is 5.91 Å². The average Bonchev–Trinajstić information content (AvgIpc) is 3.02. The Bertz CT molecular complexity index is 1210.